The highest BCUT2D eigenvalue weighted by Gasteiger charge is 2.36. The van der Waals surface area contributed by atoms with Crippen LogP contribution in [0.25, 0.3) is 0 Å². The molecule has 176 valence electrons. The summed E-state index contributed by atoms with van der Waals surface area (Å²) >= 11 is 0. The Morgan fingerprint density at radius 1 is 1.03 bits per heavy atom. The average Bonchev–Trinajstić information content (AvgIpc) is 3.49. The molecule has 0 aromatic heterocycles. The van der Waals surface area contributed by atoms with Crippen LogP contribution in [0.3, 0.4) is 0 Å². The van der Waals surface area contributed by atoms with Gasteiger partial charge in [-0.25, -0.2) is 8.42 Å². The highest BCUT2D eigenvalue weighted by molar-refractivity contribution is 7.89. The highest BCUT2D eigenvalue weighted by Crippen LogP contribution is 2.36. The first-order valence-corrected chi connectivity index (χ1v) is 12.2. The third-order valence-corrected chi connectivity index (χ3v) is 7.91. The summed E-state index contributed by atoms with van der Waals surface area (Å²) in [6.07, 6.45) is 1.80. The van der Waals surface area contributed by atoms with E-state index in [0.717, 1.165) is 12.8 Å². The van der Waals surface area contributed by atoms with Gasteiger partial charge >= 0.3 is 0 Å². The Hall–Kier alpha value is -3.11. The van der Waals surface area contributed by atoms with Gasteiger partial charge < -0.3 is 19.7 Å². The van der Waals surface area contributed by atoms with Gasteiger partial charge in [0.15, 0.2) is 0 Å². The van der Waals surface area contributed by atoms with E-state index in [-0.39, 0.29) is 29.7 Å². The smallest absolute Gasteiger partial charge is 0.243 e. The Kier molecular flexibility index (Phi) is 6.57. The molecule has 33 heavy (non-hydrogen) atoms. The van der Waals surface area contributed by atoms with Crippen molar-refractivity contribution in [1.82, 2.24) is 4.31 Å². The van der Waals surface area contributed by atoms with E-state index < -0.39 is 15.9 Å². The molecule has 2 aromatic carbocycles. The number of sulfonamides is 1. The van der Waals surface area contributed by atoms with Crippen molar-refractivity contribution in [2.45, 2.75) is 24.2 Å². The monoisotopic (exact) mass is 473 g/mol. The van der Waals surface area contributed by atoms with Gasteiger partial charge in [-0.2, -0.15) is 4.31 Å². The molecule has 2 fully saturated rings. The molecule has 0 bridgehead atoms. The number of benzene rings is 2. The van der Waals surface area contributed by atoms with Gasteiger partial charge in [0.1, 0.15) is 11.5 Å². The fourth-order valence-electron chi connectivity index (χ4n) is 4.16. The van der Waals surface area contributed by atoms with Crippen molar-refractivity contribution in [2.24, 2.45) is 5.92 Å². The Labute approximate surface area is 193 Å². The van der Waals surface area contributed by atoms with E-state index in [1.54, 1.807) is 30.3 Å². The Balaban J connectivity index is 1.44. The number of methoxy groups -OCH3 is 2. The number of carbonyl (C=O) groups excluding carboxylic acids is 2. The van der Waals surface area contributed by atoms with Crippen LogP contribution in [0, 0.1) is 5.92 Å². The summed E-state index contributed by atoms with van der Waals surface area (Å²) < 4.78 is 37.4. The Morgan fingerprint density at radius 3 is 2.36 bits per heavy atom. The van der Waals surface area contributed by atoms with E-state index in [0.29, 0.717) is 36.0 Å². The average molecular weight is 474 g/mol. The Morgan fingerprint density at radius 2 is 1.73 bits per heavy atom. The molecule has 4 rings (SSSR count). The van der Waals surface area contributed by atoms with Crippen molar-refractivity contribution >= 4 is 33.2 Å². The van der Waals surface area contributed by atoms with Crippen molar-refractivity contribution in [2.75, 3.05) is 44.1 Å². The summed E-state index contributed by atoms with van der Waals surface area (Å²) in [7, 11) is -0.456. The SMILES string of the molecule is COc1ccc(OC)c(N2C[C@H](C(=O)Nc3ccc(S(=O)(=O)N4CCCC4)cc3)CC2=O)c1. The number of amides is 2. The van der Waals surface area contributed by atoms with Crippen LogP contribution in [0.5, 0.6) is 11.5 Å². The number of ether oxygens (including phenoxy) is 2. The van der Waals surface area contributed by atoms with Crippen LogP contribution in [-0.2, 0) is 19.6 Å². The van der Waals surface area contributed by atoms with Gasteiger partial charge in [-0.05, 0) is 49.2 Å². The topological polar surface area (TPSA) is 105 Å². The minimum absolute atomic E-state index is 0.0631. The number of carbonyl (C=O) groups is 2. The molecule has 2 heterocycles. The van der Waals surface area contributed by atoms with Gasteiger partial charge in [-0.1, -0.05) is 0 Å². The molecular formula is C23H27N3O6S. The molecule has 9 nitrogen and oxygen atoms in total. The minimum Gasteiger partial charge on any atom is -0.497 e. The number of hydrogen-bond acceptors (Lipinski definition) is 6. The molecule has 2 aliphatic rings. The van der Waals surface area contributed by atoms with Crippen LogP contribution in [-0.4, -0.2) is 58.4 Å². The van der Waals surface area contributed by atoms with Crippen LogP contribution in [0.2, 0.25) is 0 Å². The minimum atomic E-state index is -3.51. The predicted molar refractivity (Wildman–Crippen MR) is 123 cm³/mol. The number of nitrogens with one attached hydrogen (secondary N) is 1. The number of anilines is 2. The first-order chi connectivity index (χ1) is 15.8. The van der Waals surface area contributed by atoms with Crippen LogP contribution in [0.4, 0.5) is 11.4 Å². The molecule has 0 unspecified atom stereocenters. The lowest BCUT2D eigenvalue weighted by molar-refractivity contribution is -0.122. The summed E-state index contributed by atoms with van der Waals surface area (Å²) in [5, 5.41) is 2.79. The van der Waals surface area contributed by atoms with Crippen molar-refractivity contribution < 1.29 is 27.5 Å². The first kappa shape index (κ1) is 23.1. The molecule has 2 aromatic rings. The molecule has 0 aliphatic carbocycles. The second-order valence-corrected chi connectivity index (χ2v) is 10.0. The molecule has 1 atom stereocenters. The van der Waals surface area contributed by atoms with Gasteiger partial charge in [0.2, 0.25) is 21.8 Å². The summed E-state index contributed by atoms with van der Waals surface area (Å²) in [5.41, 5.74) is 1.03. The molecule has 0 radical (unpaired) electrons. The summed E-state index contributed by atoms with van der Waals surface area (Å²) in [5.74, 6) is 0.0496. The quantitative estimate of drug-likeness (QED) is 0.662. The standard InChI is InChI=1S/C23H27N3O6S/c1-31-18-7-10-21(32-2)20(14-18)26-15-16(13-22(26)27)23(28)24-17-5-8-19(9-6-17)33(29,30)25-11-3-4-12-25/h5-10,14,16H,3-4,11-13,15H2,1-2H3,(H,24,28)/t16-/m1/s1. The molecule has 2 saturated heterocycles. The van der Waals surface area contributed by atoms with Gasteiger partial charge in [-0.15, -0.1) is 0 Å². The number of rotatable bonds is 7. The Bertz CT molecular complexity index is 1140. The zero-order valence-electron chi connectivity index (χ0n) is 18.6. The lowest BCUT2D eigenvalue weighted by Gasteiger charge is -2.20. The van der Waals surface area contributed by atoms with Gasteiger partial charge in [0, 0.05) is 37.8 Å². The summed E-state index contributed by atoms with van der Waals surface area (Å²) in [6, 6.07) is 11.3. The zero-order valence-corrected chi connectivity index (χ0v) is 19.4. The van der Waals surface area contributed by atoms with E-state index in [1.807, 2.05) is 0 Å². The highest BCUT2D eigenvalue weighted by atomic mass is 32.2. The molecule has 10 heteroatoms. The largest absolute Gasteiger partial charge is 0.497 e. The number of hydrogen-bond donors (Lipinski definition) is 1. The molecule has 0 saturated carbocycles. The van der Waals surface area contributed by atoms with E-state index in [1.165, 1.54) is 35.6 Å². The maximum Gasteiger partial charge on any atom is 0.243 e. The molecule has 1 N–H and O–H groups in total. The second kappa shape index (κ2) is 9.40. The van der Waals surface area contributed by atoms with E-state index >= 15 is 0 Å². The zero-order chi connectivity index (χ0) is 23.6. The van der Waals surface area contributed by atoms with Crippen molar-refractivity contribution in [1.29, 1.82) is 0 Å². The molecule has 2 aliphatic heterocycles. The summed E-state index contributed by atoms with van der Waals surface area (Å²) in [4.78, 5) is 27.2. The van der Waals surface area contributed by atoms with Gasteiger partial charge in [0.25, 0.3) is 0 Å². The van der Waals surface area contributed by atoms with E-state index in [4.69, 9.17) is 9.47 Å². The van der Waals surface area contributed by atoms with Crippen LogP contribution in [0.1, 0.15) is 19.3 Å². The van der Waals surface area contributed by atoms with Crippen LogP contribution < -0.4 is 19.7 Å². The fraction of sp³-hybridized carbons (Fsp3) is 0.391. The third-order valence-electron chi connectivity index (χ3n) is 6.00. The third kappa shape index (κ3) is 4.67. The lowest BCUT2D eigenvalue weighted by Crippen LogP contribution is -2.28. The van der Waals surface area contributed by atoms with E-state index in [9.17, 15) is 18.0 Å². The predicted octanol–water partition coefficient (Wildman–Crippen LogP) is 2.48. The first-order valence-electron chi connectivity index (χ1n) is 10.8. The lowest BCUT2D eigenvalue weighted by atomic mass is 10.1. The normalized spacial score (nSPS) is 19.0. The maximum absolute atomic E-state index is 12.8. The molecular weight excluding hydrogens is 446 g/mol. The van der Waals surface area contributed by atoms with Crippen LogP contribution >= 0.6 is 0 Å². The summed E-state index contributed by atoms with van der Waals surface area (Å²) in [6.45, 7) is 1.27. The van der Waals surface area contributed by atoms with Crippen molar-refractivity contribution in [3.63, 3.8) is 0 Å². The van der Waals surface area contributed by atoms with E-state index in [2.05, 4.69) is 5.32 Å². The van der Waals surface area contributed by atoms with Crippen molar-refractivity contribution in [3.8, 4) is 11.5 Å². The maximum atomic E-state index is 12.8. The van der Waals surface area contributed by atoms with Gasteiger partial charge in [-0.3, -0.25) is 9.59 Å². The molecule has 0 spiro atoms. The second-order valence-electron chi connectivity index (χ2n) is 8.07. The molecule has 2 amide bonds. The van der Waals surface area contributed by atoms with Gasteiger partial charge in [0.05, 0.1) is 30.7 Å². The van der Waals surface area contributed by atoms with Crippen LogP contribution in [0.15, 0.2) is 47.4 Å². The fourth-order valence-corrected chi connectivity index (χ4v) is 5.67. The van der Waals surface area contributed by atoms with Crippen molar-refractivity contribution in [3.05, 3.63) is 42.5 Å². The number of nitrogens with zero attached hydrogens (tertiary/aromatic N) is 2.